The van der Waals surface area contributed by atoms with Crippen LogP contribution >= 0.6 is 0 Å². The van der Waals surface area contributed by atoms with Gasteiger partial charge in [-0.15, -0.1) is 0 Å². The molecule has 0 unspecified atom stereocenters. The molecule has 0 spiro atoms. The quantitative estimate of drug-likeness (QED) is 0.478. The maximum absolute atomic E-state index is 12.5. The summed E-state index contributed by atoms with van der Waals surface area (Å²) in [5, 5.41) is 0. The van der Waals surface area contributed by atoms with Crippen LogP contribution in [0.25, 0.3) is 0 Å². The standard InChI is InChI=1S/C20H19F6NO4/c1-29-17(28)10-18(27,13-4-2-6-15(8-13)30-11-19(21,22)23)14-5-3-7-16(9-14)31-12-20(24,25)26/h2-9H,10-12,27H2,1H3. The van der Waals surface area contributed by atoms with E-state index in [9.17, 15) is 31.1 Å². The van der Waals surface area contributed by atoms with E-state index in [-0.39, 0.29) is 22.6 Å². The lowest BCUT2D eigenvalue weighted by molar-refractivity contribution is -0.154. The second kappa shape index (κ2) is 9.46. The van der Waals surface area contributed by atoms with Gasteiger partial charge in [0.05, 0.1) is 19.1 Å². The number of esters is 1. The minimum Gasteiger partial charge on any atom is -0.484 e. The average Bonchev–Trinajstić information content (AvgIpc) is 2.70. The lowest BCUT2D eigenvalue weighted by Crippen LogP contribution is -2.40. The van der Waals surface area contributed by atoms with E-state index in [1.165, 1.54) is 48.5 Å². The summed E-state index contributed by atoms with van der Waals surface area (Å²) in [5.74, 6) is -1.05. The molecule has 2 rings (SSSR count). The zero-order valence-electron chi connectivity index (χ0n) is 16.2. The first-order valence-corrected chi connectivity index (χ1v) is 8.78. The molecule has 0 aliphatic rings. The fourth-order valence-corrected chi connectivity index (χ4v) is 2.73. The van der Waals surface area contributed by atoms with E-state index in [0.29, 0.717) is 0 Å². The summed E-state index contributed by atoms with van der Waals surface area (Å²) in [6.45, 7) is -3.07. The smallest absolute Gasteiger partial charge is 0.422 e. The van der Waals surface area contributed by atoms with E-state index < -0.39 is 43.5 Å². The van der Waals surface area contributed by atoms with Crippen LogP contribution in [0.4, 0.5) is 26.3 Å². The van der Waals surface area contributed by atoms with E-state index in [2.05, 4.69) is 4.74 Å². The van der Waals surface area contributed by atoms with Crippen molar-refractivity contribution in [2.24, 2.45) is 5.73 Å². The average molecular weight is 451 g/mol. The van der Waals surface area contributed by atoms with E-state index in [1.807, 2.05) is 0 Å². The second-order valence-electron chi connectivity index (χ2n) is 6.59. The maximum Gasteiger partial charge on any atom is 0.422 e. The summed E-state index contributed by atoms with van der Waals surface area (Å²) in [7, 11) is 1.12. The predicted molar refractivity (Wildman–Crippen MR) is 97.6 cm³/mol. The molecule has 0 aliphatic heterocycles. The molecule has 11 heteroatoms. The van der Waals surface area contributed by atoms with Crippen LogP contribution in [0.2, 0.25) is 0 Å². The molecule has 2 aromatic carbocycles. The molecule has 0 radical (unpaired) electrons. The van der Waals surface area contributed by atoms with Crippen molar-refractivity contribution in [3.8, 4) is 11.5 Å². The Kier molecular flexibility index (Phi) is 7.42. The van der Waals surface area contributed by atoms with Gasteiger partial charge in [-0.1, -0.05) is 24.3 Å². The number of hydrogen-bond acceptors (Lipinski definition) is 5. The fourth-order valence-electron chi connectivity index (χ4n) is 2.73. The van der Waals surface area contributed by atoms with Crippen LogP contribution in [0.15, 0.2) is 48.5 Å². The Hall–Kier alpha value is -2.95. The molecule has 0 aromatic heterocycles. The molecule has 0 saturated heterocycles. The van der Waals surface area contributed by atoms with Gasteiger partial charge in [0.15, 0.2) is 13.2 Å². The molecule has 2 aromatic rings. The summed E-state index contributed by atoms with van der Waals surface area (Å²) in [5.41, 5.74) is 5.18. The number of nitrogens with two attached hydrogens (primary N) is 1. The predicted octanol–water partition coefficient (Wildman–Crippen LogP) is 4.33. The number of hydrogen-bond donors (Lipinski definition) is 1. The Labute approximate surface area is 173 Å². The molecule has 2 N–H and O–H groups in total. The minimum absolute atomic E-state index is 0.154. The number of rotatable bonds is 8. The monoisotopic (exact) mass is 451 g/mol. The van der Waals surface area contributed by atoms with Gasteiger partial charge in [-0.3, -0.25) is 4.79 Å². The molecular weight excluding hydrogens is 432 g/mol. The largest absolute Gasteiger partial charge is 0.484 e. The lowest BCUT2D eigenvalue weighted by Gasteiger charge is -2.30. The van der Waals surface area contributed by atoms with Crippen molar-refractivity contribution in [3.05, 3.63) is 59.7 Å². The highest BCUT2D eigenvalue weighted by Crippen LogP contribution is 2.35. The number of carbonyl (C=O) groups excluding carboxylic acids is 1. The van der Waals surface area contributed by atoms with Crippen molar-refractivity contribution in [1.82, 2.24) is 0 Å². The molecule has 31 heavy (non-hydrogen) atoms. The van der Waals surface area contributed by atoms with Crippen molar-refractivity contribution in [2.45, 2.75) is 24.3 Å². The number of methoxy groups -OCH3 is 1. The highest BCUT2D eigenvalue weighted by atomic mass is 19.4. The number of benzene rings is 2. The molecule has 5 nitrogen and oxygen atoms in total. The van der Waals surface area contributed by atoms with Gasteiger partial charge in [0.2, 0.25) is 0 Å². The van der Waals surface area contributed by atoms with Crippen LogP contribution in [-0.4, -0.2) is 38.6 Å². The van der Waals surface area contributed by atoms with Crippen LogP contribution in [0.1, 0.15) is 17.5 Å². The van der Waals surface area contributed by atoms with Gasteiger partial charge < -0.3 is 19.9 Å². The zero-order chi connectivity index (χ0) is 23.3. The normalized spacial score (nSPS) is 12.4. The van der Waals surface area contributed by atoms with Crippen molar-refractivity contribution < 1.29 is 45.3 Å². The zero-order valence-corrected chi connectivity index (χ0v) is 16.2. The summed E-state index contributed by atoms with van der Waals surface area (Å²) >= 11 is 0. The summed E-state index contributed by atoms with van der Waals surface area (Å²) < 4.78 is 88.8. The van der Waals surface area contributed by atoms with E-state index in [0.717, 1.165) is 7.11 Å². The topological polar surface area (TPSA) is 70.8 Å². The summed E-state index contributed by atoms with van der Waals surface area (Å²) in [4.78, 5) is 12.0. The third-order valence-electron chi connectivity index (χ3n) is 4.15. The third kappa shape index (κ3) is 7.35. The molecule has 0 bridgehead atoms. The highest BCUT2D eigenvalue weighted by molar-refractivity contribution is 5.72. The summed E-state index contributed by atoms with van der Waals surface area (Å²) in [6.07, 6.45) is -9.58. The van der Waals surface area contributed by atoms with Crippen LogP contribution in [0.5, 0.6) is 11.5 Å². The van der Waals surface area contributed by atoms with Crippen molar-refractivity contribution >= 4 is 5.97 Å². The Bertz CT molecular complexity index is 836. The van der Waals surface area contributed by atoms with Gasteiger partial charge in [0.25, 0.3) is 0 Å². The van der Waals surface area contributed by atoms with Gasteiger partial charge >= 0.3 is 18.3 Å². The molecule has 0 aliphatic carbocycles. The van der Waals surface area contributed by atoms with Crippen molar-refractivity contribution in [3.63, 3.8) is 0 Å². The van der Waals surface area contributed by atoms with Crippen LogP contribution in [0.3, 0.4) is 0 Å². The number of carbonyl (C=O) groups is 1. The SMILES string of the molecule is COC(=O)CC(N)(c1cccc(OCC(F)(F)F)c1)c1cccc(OCC(F)(F)F)c1. The van der Waals surface area contributed by atoms with Crippen LogP contribution in [-0.2, 0) is 15.1 Å². The Morgan fingerprint density at radius 3 is 1.61 bits per heavy atom. The lowest BCUT2D eigenvalue weighted by atomic mass is 9.81. The molecule has 170 valence electrons. The molecule has 0 amide bonds. The number of alkyl halides is 6. The molecular formula is C20H19F6NO4. The Morgan fingerprint density at radius 1 is 0.839 bits per heavy atom. The van der Waals surface area contributed by atoms with Crippen LogP contribution in [0, 0.1) is 0 Å². The molecule has 0 heterocycles. The molecule has 0 saturated carbocycles. The third-order valence-corrected chi connectivity index (χ3v) is 4.15. The molecule has 0 fully saturated rings. The van der Waals surface area contributed by atoms with Gasteiger partial charge in [-0.25, -0.2) is 0 Å². The van der Waals surface area contributed by atoms with Gasteiger partial charge in [-0.2, -0.15) is 26.3 Å². The number of halogens is 6. The first kappa shape index (κ1) is 24.3. The van der Waals surface area contributed by atoms with Crippen LogP contribution < -0.4 is 15.2 Å². The number of ether oxygens (including phenoxy) is 3. The van der Waals surface area contributed by atoms with Crippen molar-refractivity contribution in [1.29, 1.82) is 0 Å². The van der Waals surface area contributed by atoms with E-state index in [4.69, 9.17) is 15.2 Å². The second-order valence-corrected chi connectivity index (χ2v) is 6.59. The first-order chi connectivity index (χ1) is 14.3. The summed E-state index contributed by atoms with van der Waals surface area (Å²) in [6, 6.07) is 10.6. The fraction of sp³-hybridized carbons (Fsp3) is 0.350. The van der Waals surface area contributed by atoms with E-state index in [1.54, 1.807) is 0 Å². The van der Waals surface area contributed by atoms with Gasteiger partial charge in [-0.05, 0) is 35.4 Å². The van der Waals surface area contributed by atoms with E-state index >= 15 is 0 Å². The minimum atomic E-state index is -4.56. The van der Waals surface area contributed by atoms with Gasteiger partial charge in [0, 0.05) is 0 Å². The first-order valence-electron chi connectivity index (χ1n) is 8.78. The van der Waals surface area contributed by atoms with Crippen molar-refractivity contribution in [2.75, 3.05) is 20.3 Å². The maximum atomic E-state index is 12.5. The highest BCUT2D eigenvalue weighted by Gasteiger charge is 2.35. The Balaban J connectivity index is 2.42. The molecule has 0 atom stereocenters. The Morgan fingerprint density at radius 2 is 1.26 bits per heavy atom. The van der Waals surface area contributed by atoms with Gasteiger partial charge in [0.1, 0.15) is 11.5 Å².